The molecule has 0 aliphatic rings. The monoisotopic (exact) mass is 255 g/mol. The highest BCUT2D eigenvalue weighted by Gasteiger charge is 2.05. The van der Waals surface area contributed by atoms with Crippen LogP contribution in [0.25, 0.3) is 0 Å². The molecule has 0 saturated carbocycles. The minimum Gasteiger partial charge on any atom is -0.326 e. The van der Waals surface area contributed by atoms with Crippen LogP contribution >= 0.6 is 23.3 Å². The van der Waals surface area contributed by atoms with Crippen LogP contribution in [-0.4, -0.2) is 9.36 Å². The predicted molar refractivity (Wildman–Crippen MR) is 63.1 cm³/mol. The average molecular weight is 255 g/mol. The summed E-state index contributed by atoms with van der Waals surface area (Å²) in [6, 6.07) is 4.78. The minimum absolute atomic E-state index is 0.272. The van der Waals surface area contributed by atoms with E-state index in [-0.39, 0.29) is 5.82 Å². The van der Waals surface area contributed by atoms with Gasteiger partial charge in [0.25, 0.3) is 0 Å². The fraction of sp³-hybridized carbons (Fsp3) is 0.200. The van der Waals surface area contributed by atoms with Gasteiger partial charge in [0, 0.05) is 11.4 Å². The van der Waals surface area contributed by atoms with Gasteiger partial charge in [-0.1, -0.05) is 11.8 Å². The van der Waals surface area contributed by atoms with Gasteiger partial charge in [0.15, 0.2) is 4.34 Å². The first kappa shape index (κ1) is 11.5. The molecule has 6 heteroatoms. The van der Waals surface area contributed by atoms with Crippen molar-refractivity contribution < 1.29 is 4.39 Å². The van der Waals surface area contributed by atoms with Crippen molar-refractivity contribution in [3.63, 3.8) is 0 Å². The van der Waals surface area contributed by atoms with Crippen LogP contribution in [0, 0.1) is 12.7 Å². The lowest BCUT2D eigenvalue weighted by Crippen LogP contribution is -1.96. The van der Waals surface area contributed by atoms with E-state index in [0.717, 1.165) is 20.6 Å². The molecule has 0 bridgehead atoms. The van der Waals surface area contributed by atoms with Crippen molar-refractivity contribution in [2.75, 3.05) is 0 Å². The molecular formula is C10H10FN3S2. The summed E-state index contributed by atoms with van der Waals surface area (Å²) in [5.41, 5.74) is 6.27. The maximum Gasteiger partial charge on any atom is 0.174 e. The number of aryl methyl sites for hydroxylation is 1. The average Bonchev–Trinajstić information content (AvgIpc) is 2.63. The van der Waals surface area contributed by atoms with Crippen LogP contribution in [0.15, 0.2) is 27.4 Å². The normalized spacial score (nSPS) is 10.7. The number of nitrogens with zero attached hydrogens (tertiary/aromatic N) is 2. The third kappa shape index (κ3) is 2.78. The molecule has 0 unspecified atom stereocenters. The van der Waals surface area contributed by atoms with E-state index < -0.39 is 0 Å². The lowest BCUT2D eigenvalue weighted by Gasteiger charge is -2.01. The highest BCUT2D eigenvalue weighted by atomic mass is 32.2. The maximum atomic E-state index is 13.2. The molecule has 0 radical (unpaired) electrons. The summed E-state index contributed by atoms with van der Waals surface area (Å²) < 4.78 is 18.1. The molecule has 3 nitrogen and oxygen atoms in total. The number of hydrogen-bond acceptors (Lipinski definition) is 5. The van der Waals surface area contributed by atoms with E-state index in [0.29, 0.717) is 6.54 Å². The number of rotatable bonds is 3. The summed E-state index contributed by atoms with van der Waals surface area (Å²) in [7, 11) is 0. The Bertz CT molecular complexity index is 499. The van der Waals surface area contributed by atoms with Crippen molar-refractivity contribution in [1.82, 2.24) is 9.36 Å². The fourth-order valence-electron chi connectivity index (χ4n) is 1.22. The van der Waals surface area contributed by atoms with Gasteiger partial charge in [-0.3, -0.25) is 0 Å². The summed E-state index contributed by atoms with van der Waals surface area (Å²) in [4.78, 5) is 5.01. The molecule has 0 atom stereocenters. The number of hydrogen-bond donors (Lipinski definition) is 1. The molecule has 0 amide bonds. The van der Waals surface area contributed by atoms with Crippen LogP contribution in [0.1, 0.15) is 11.4 Å². The summed E-state index contributed by atoms with van der Waals surface area (Å²) in [6.45, 7) is 2.16. The van der Waals surface area contributed by atoms with E-state index in [2.05, 4.69) is 9.36 Å². The number of aromatic nitrogens is 2. The van der Waals surface area contributed by atoms with Crippen molar-refractivity contribution in [1.29, 1.82) is 0 Å². The Morgan fingerprint density at radius 2 is 2.25 bits per heavy atom. The number of benzene rings is 1. The Labute approximate surface area is 101 Å². The van der Waals surface area contributed by atoms with E-state index >= 15 is 0 Å². The lowest BCUT2D eigenvalue weighted by atomic mass is 10.2. The Balaban J connectivity index is 2.24. The van der Waals surface area contributed by atoms with E-state index in [9.17, 15) is 4.39 Å². The first-order valence-corrected chi connectivity index (χ1v) is 6.24. The van der Waals surface area contributed by atoms with Gasteiger partial charge in [-0.25, -0.2) is 9.37 Å². The van der Waals surface area contributed by atoms with Gasteiger partial charge >= 0.3 is 0 Å². The second-order valence-corrected chi connectivity index (χ2v) is 5.28. The first-order chi connectivity index (χ1) is 7.67. The summed E-state index contributed by atoms with van der Waals surface area (Å²) >= 11 is 2.71. The zero-order valence-corrected chi connectivity index (χ0v) is 10.2. The molecule has 84 valence electrons. The standard InChI is InChI=1S/C10H10FN3S2/c1-6-13-10(16-14-6)15-9-3-7(5-12)2-8(11)4-9/h2-4H,5,12H2,1H3. The van der Waals surface area contributed by atoms with Crippen LogP contribution in [0.2, 0.25) is 0 Å². The second kappa shape index (κ2) is 4.90. The van der Waals surface area contributed by atoms with Gasteiger partial charge in [-0.05, 0) is 42.2 Å². The molecule has 2 aromatic rings. The van der Waals surface area contributed by atoms with Gasteiger partial charge in [0.05, 0.1) is 0 Å². The van der Waals surface area contributed by atoms with Crippen molar-refractivity contribution in [3.05, 3.63) is 35.4 Å². The largest absolute Gasteiger partial charge is 0.326 e. The lowest BCUT2D eigenvalue weighted by molar-refractivity contribution is 0.621. The van der Waals surface area contributed by atoms with Crippen LogP contribution < -0.4 is 5.73 Å². The molecule has 0 fully saturated rings. The van der Waals surface area contributed by atoms with Crippen LogP contribution in [0.3, 0.4) is 0 Å². The van der Waals surface area contributed by atoms with Crippen LogP contribution in [0.5, 0.6) is 0 Å². The van der Waals surface area contributed by atoms with E-state index in [4.69, 9.17) is 5.73 Å². The summed E-state index contributed by atoms with van der Waals surface area (Å²) in [5, 5.41) is 0. The smallest absolute Gasteiger partial charge is 0.174 e. The summed E-state index contributed by atoms with van der Waals surface area (Å²) in [6.07, 6.45) is 0. The van der Waals surface area contributed by atoms with Crippen molar-refractivity contribution in [3.8, 4) is 0 Å². The fourth-order valence-corrected chi connectivity index (χ4v) is 2.95. The Kier molecular flexibility index (Phi) is 3.52. The molecule has 2 rings (SSSR count). The Morgan fingerprint density at radius 3 is 2.88 bits per heavy atom. The zero-order chi connectivity index (χ0) is 11.5. The minimum atomic E-state index is -0.272. The van der Waals surface area contributed by atoms with Gasteiger partial charge in [-0.15, -0.1) is 0 Å². The Morgan fingerprint density at radius 1 is 1.44 bits per heavy atom. The topological polar surface area (TPSA) is 51.8 Å². The van der Waals surface area contributed by atoms with Crippen molar-refractivity contribution in [2.24, 2.45) is 5.73 Å². The van der Waals surface area contributed by atoms with E-state index in [1.54, 1.807) is 0 Å². The quantitative estimate of drug-likeness (QED) is 0.916. The highest BCUT2D eigenvalue weighted by molar-refractivity contribution is 8.01. The molecule has 1 aromatic carbocycles. The molecular weight excluding hydrogens is 245 g/mol. The van der Waals surface area contributed by atoms with Crippen molar-refractivity contribution >= 4 is 23.3 Å². The Hall–Kier alpha value is -0.980. The van der Waals surface area contributed by atoms with Gasteiger partial charge in [-0.2, -0.15) is 4.37 Å². The third-order valence-electron chi connectivity index (χ3n) is 1.88. The van der Waals surface area contributed by atoms with Crippen LogP contribution in [0.4, 0.5) is 4.39 Å². The van der Waals surface area contributed by atoms with Crippen molar-refractivity contribution in [2.45, 2.75) is 22.7 Å². The molecule has 1 heterocycles. The second-order valence-electron chi connectivity index (χ2n) is 3.21. The van der Waals surface area contributed by atoms with Crippen LogP contribution in [-0.2, 0) is 6.54 Å². The molecule has 2 N–H and O–H groups in total. The zero-order valence-electron chi connectivity index (χ0n) is 8.61. The predicted octanol–water partition coefficient (Wildman–Crippen LogP) is 2.60. The number of nitrogens with two attached hydrogens (primary N) is 1. The maximum absolute atomic E-state index is 13.2. The molecule has 0 spiro atoms. The molecule has 0 aliphatic carbocycles. The molecule has 0 saturated heterocycles. The van der Waals surface area contributed by atoms with Gasteiger partial charge in [0.1, 0.15) is 11.6 Å². The summed E-state index contributed by atoms with van der Waals surface area (Å²) in [5.74, 6) is 0.467. The van der Waals surface area contributed by atoms with Gasteiger partial charge in [0.2, 0.25) is 0 Å². The first-order valence-electron chi connectivity index (χ1n) is 4.65. The van der Waals surface area contributed by atoms with E-state index in [1.807, 2.05) is 13.0 Å². The number of halogens is 1. The van der Waals surface area contributed by atoms with E-state index in [1.165, 1.54) is 35.4 Å². The molecule has 0 aliphatic heterocycles. The molecule has 1 aromatic heterocycles. The molecule has 16 heavy (non-hydrogen) atoms. The highest BCUT2D eigenvalue weighted by Crippen LogP contribution is 2.30. The van der Waals surface area contributed by atoms with Gasteiger partial charge < -0.3 is 5.73 Å². The SMILES string of the molecule is Cc1nsc(Sc2cc(F)cc(CN)c2)n1. The third-order valence-corrected chi connectivity index (χ3v) is 3.69.